The van der Waals surface area contributed by atoms with E-state index in [9.17, 15) is 0 Å². The van der Waals surface area contributed by atoms with Crippen molar-refractivity contribution in [1.82, 2.24) is 0 Å². The minimum absolute atomic E-state index is 0. The Morgan fingerprint density at radius 1 is 1.25 bits per heavy atom. The van der Waals surface area contributed by atoms with Gasteiger partial charge in [-0.15, -0.1) is 0 Å². The van der Waals surface area contributed by atoms with Crippen molar-refractivity contribution in [2.75, 3.05) is 7.05 Å². The van der Waals surface area contributed by atoms with Crippen LogP contribution >= 0.6 is 0 Å². The largest absolute Gasteiger partial charge is 1.00 e. The van der Waals surface area contributed by atoms with Crippen LogP contribution in [0.4, 0.5) is 0 Å². The van der Waals surface area contributed by atoms with Gasteiger partial charge in [0, 0.05) is 0 Å². The van der Waals surface area contributed by atoms with E-state index >= 15 is 0 Å². The maximum Gasteiger partial charge on any atom is 1.00 e. The summed E-state index contributed by atoms with van der Waals surface area (Å²) in [5, 5.41) is 0. The Bertz CT molecular complexity index is 8.00. The van der Waals surface area contributed by atoms with Gasteiger partial charge in [-0.25, -0.2) is 0 Å². The third-order valence-electron chi connectivity index (χ3n) is 0. The predicted octanol–water partition coefficient (Wildman–Crippen LogP) is -3.60. The second kappa shape index (κ2) is 39.5. The van der Waals surface area contributed by atoms with Crippen LogP contribution in [0, 0.1) is 0 Å². The molecule has 0 fully saturated rings. The van der Waals surface area contributed by atoms with Gasteiger partial charge in [-0.3, -0.25) is 0 Å². The molecule has 0 aliphatic carbocycles. The van der Waals surface area contributed by atoms with Crippen LogP contribution in [-0.4, -0.2) is 12.5 Å². The molecular formula is CH6NNaO. The van der Waals surface area contributed by atoms with E-state index in [1.54, 1.807) is 0 Å². The topological polar surface area (TPSA) is 56.0 Å². The quantitative estimate of drug-likeness (QED) is 0.300. The molecule has 0 amide bonds. The van der Waals surface area contributed by atoms with Crippen LogP contribution < -0.4 is 35.3 Å². The Hall–Kier alpha value is 0.920. The molecule has 4 heavy (non-hydrogen) atoms. The first-order valence-electron chi connectivity index (χ1n) is 0.577. The summed E-state index contributed by atoms with van der Waals surface area (Å²) < 4.78 is 0. The number of rotatable bonds is 0. The molecule has 22 valence electrons. The summed E-state index contributed by atoms with van der Waals surface area (Å²) >= 11 is 0. The van der Waals surface area contributed by atoms with Crippen LogP contribution in [0.1, 0.15) is 0 Å². The molecule has 0 heterocycles. The van der Waals surface area contributed by atoms with Gasteiger partial charge < -0.3 is 11.2 Å². The van der Waals surface area contributed by atoms with Gasteiger partial charge in [0.15, 0.2) is 0 Å². The Labute approximate surface area is 48.0 Å². The molecule has 0 aliphatic heterocycles. The number of hydrogen-bond donors (Lipinski definition) is 1. The van der Waals surface area contributed by atoms with Gasteiger partial charge in [0.05, 0.1) is 0 Å². The van der Waals surface area contributed by atoms with Crippen molar-refractivity contribution in [3.8, 4) is 0 Å². The summed E-state index contributed by atoms with van der Waals surface area (Å²) in [6.07, 6.45) is 0. The Morgan fingerprint density at radius 2 is 1.25 bits per heavy atom. The van der Waals surface area contributed by atoms with Crippen LogP contribution in [0.25, 0.3) is 0 Å². The fourth-order valence-corrected chi connectivity index (χ4v) is 0. The Morgan fingerprint density at radius 3 is 1.25 bits per heavy atom. The number of hydrogen-bond acceptors (Lipinski definition) is 2. The first-order valence-corrected chi connectivity index (χ1v) is 0.577. The molecule has 0 aromatic heterocycles. The molecule has 0 rings (SSSR count). The molecule has 2 nitrogen and oxygen atoms in total. The zero-order valence-electron chi connectivity index (χ0n) is 3.02. The molecule has 0 saturated heterocycles. The van der Waals surface area contributed by atoms with Gasteiger partial charge in [-0.2, -0.15) is 0 Å². The average molecular weight is 71.1 g/mol. The summed E-state index contributed by atoms with van der Waals surface area (Å²) in [6, 6.07) is 0. The predicted molar refractivity (Wildman–Crippen MR) is 12.0 cm³/mol. The molecule has 0 aromatic carbocycles. The first-order chi connectivity index (χ1) is 1.00. The minimum Gasteiger partial charge on any atom is -0.870 e. The van der Waals surface area contributed by atoms with Gasteiger partial charge in [-0.1, -0.05) is 0 Å². The third-order valence-corrected chi connectivity index (χ3v) is 0. The Kier molecular flexibility index (Phi) is 202. The van der Waals surface area contributed by atoms with Crippen LogP contribution in [0.2, 0.25) is 0 Å². The second-order valence-corrected chi connectivity index (χ2v) is 0. The van der Waals surface area contributed by atoms with E-state index in [2.05, 4.69) is 5.73 Å². The van der Waals surface area contributed by atoms with Crippen molar-refractivity contribution in [3.63, 3.8) is 0 Å². The van der Waals surface area contributed by atoms with E-state index in [0.717, 1.165) is 0 Å². The molecule has 3 heteroatoms. The van der Waals surface area contributed by atoms with Crippen molar-refractivity contribution >= 4 is 0 Å². The van der Waals surface area contributed by atoms with Gasteiger partial charge in [-0.05, 0) is 7.05 Å². The second-order valence-electron chi connectivity index (χ2n) is 0. The van der Waals surface area contributed by atoms with E-state index in [1.165, 1.54) is 7.05 Å². The third kappa shape index (κ3) is 12.7. The smallest absolute Gasteiger partial charge is 0.870 e. The minimum atomic E-state index is 0. The van der Waals surface area contributed by atoms with E-state index < -0.39 is 0 Å². The first kappa shape index (κ1) is 20.5. The monoisotopic (exact) mass is 71.0 g/mol. The molecular weight excluding hydrogens is 65.0 g/mol. The number of nitrogens with two attached hydrogens (primary N) is 1. The molecule has 0 unspecified atom stereocenters. The van der Waals surface area contributed by atoms with Crippen molar-refractivity contribution in [1.29, 1.82) is 0 Å². The van der Waals surface area contributed by atoms with Gasteiger partial charge in [0.1, 0.15) is 0 Å². The van der Waals surface area contributed by atoms with Crippen LogP contribution in [0.3, 0.4) is 0 Å². The molecule has 0 spiro atoms. The molecule has 3 N–H and O–H groups in total. The van der Waals surface area contributed by atoms with Gasteiger partial charge in [0.2, 0.25) is 0 Å². The van der Waals surface area contributed by atoms with E-state index in [0.29, 0.717) is 0 Å². The van der Waals surface area contributed by atoms with Crippen LogP contribution in [-0.2, 0) is 0 Å². The van der Waals surface area contributed by atoms with Gasteiger partial charge in [0.25, 0.3) is 0 Å². The average Bonchev–Trinajstić information content (AvgIpc) is 1.00. The summed E-state index contributed by atoms with van der Waals surface area (Å²) in [5.41, 5.74) is 4.50. The standard InChI is InChI=1S/CH5N.Na.H2O/c1-2;;/h2H2,1H3;;1H2/q;+1;/p-1. The van der Waals surface area contributed by atoms with E-state index in [4.69, 9.17) is 0 Å². The van der Waals surface area contributed by atoms with Gasteiger partial charge >= 0.3 is 29.6 Å². The summed E-state index contributed by atoms with van der Waals surface area (Å²) in [7, 11) is 1.50. The molecule has 0 bridgehead atoms. The fraction of sp³-hybridized carbons (Fsp3) is 1.00. The van der Waals surface area contributed by atoms with Crippen molar-refractivity contribution in [2.24, 2.45) is 5.73 Å². The van der Waals surface area contributed by atoms with Crippen LogP contribution in [0.5, 0.6) is 0 Å². The maximum absolute atomic E-state index is 4.50. The zero-order valence-corrected chi connectivity index (χ0v) is 5.02. The zero-order chi connectivity index (χ0) is 2.00. The summed E-state index contributed by atoms with van der Waals surface area (Å²) in [4.78, 5) is 0. The maximum atomic E-state index is 4.50. The SMILES string of the molecule is CN.[Na+].[OH-]. The van der Waals surface area contributed by atoms with E-state index in [1.807, 2.05) is 0 Å². The molecule has 0 aromatic rings. The summed E-state index contributed by atoms with van der Waals surface area (Å²) in [6.45, 7) is 0. The molecule has 0 aliphatic rings. The normalized spacial score (nSPS) is 1.50. The van der Waals surface area contributed by atoms with Crippen molar-refractivity contribution < 1.29 is 35.0 Å². The van der Waals surface area contributed by atoms with Crippen molar-refractivity contribution in [3.05, 3.63) is 0 Å². The molecule has 0 atom stereocenters. The molecule has 0 saturated carbocycles. The van der Waals surface area contributed by atoms with Crippen molar-refractivity contribution in [2.45, 2.75) is 0 Å². The van der Waals surface area contributed by atoms with E-state index in [-0.39, 0.29) is 35.0 Å². The van der Waals surface area contributed by atoms with Crippen LogP contribution in [0.15, 0.2) is 0 Å². The Balaban J connectivity index is -0.00000000500. The summed E-state index contributed by atoms with van der Waals surface area (Å²) in [5.74, 6) is 0. The molecule has 0 radical (unpaired) electrons. The fourth-order valence-electron chi connectivity index (χ4n) is 0.